The zero-order chi connectivity index (χ0) is 15.9. The summed E-state index contributed by atoms with van der Waals surface area (Å²) in [4.78, 5) is 22.3. The van der Waals surface area contributed by atoms with E-state index in [9.17, 15) is 18.0 Å². The molecule has 0 aliphatic heterocycles. The van der Waals surface area contributed by atoms with Gasteiger partial charge in [-0.2, -0.15) is 0 Å². The zero-order valence-electron chi connectivity index (χ0n) is 11.0. The fraction of sp³-hybridized carbons (Fsp3) is 0.231. The summed E-state index contributed by atoms with van der Waals surface area (Å²) >= 11 is 0. The van der Waals surface area contributed by atoms with Crippen molar-refractivity contribution in [2.24, 2.45) is 0 Å². The first-order chi connectivity index (χ1) is 9.86. The van der Waals surface area contributed by atoms with E-state index in [1.807, 2.05) is 0 Å². The van der Waals surface area contributed by atoms with Crippen LogP contribution in [-0.2, 0) is 19.4 Å². The van der Waals surface area contributed by atoms with Gasteiger partial charge < -0.3 is 15.5 Å². The van der Waals surface area contributed by atoms with E-state index >= 15 is 0 Å². The van der Waals surface area contributed by atoms with Crippen LogP contribution in [-0.4, -0.2) is 43.2 Å². The predicted octanol–water partition coefficient (Wildman–Crippen LogP) is -0.0742. The molecule has 0 aliphatic carbocycles. The third-order valence-electron chi connectivity index (χ3n) is 2.50. The van der Waals surface area contributed by atoms with Gasteiger partial charge in [0.2, 0.25) is 5.91 Å². The maximum Gasteiger partial charge on any atom is 0.326 e. The van der Waals surface area contributed by atoms with Gasteiger partial charge in [0.25, 0.3) is 0 Å². The molecule has 0 radical (unpaired) electrons. The van der Waals surface area contributed by atoms with Gasteiger partial charge in [-0.05, 0) is 12.1 Å². The summed E-state index contributed by atoms with van der Waals surface area (Å²) in [5, 5.41) is 20.3. The second kappa shape index (κ2) is 7.55. The first-order valence-corrected chi connectivity index (χ1v) is 7.54. The Morgan fingerprint density at radius 2 is 1.86 bits per heavy atom. The molecular weight excluding hydrogens is 298 g/mol. The maximum atomic E-state index is 11.9. The predicted molar refractivity (Wildman–Crippen MR) is 74.0 cm³/mol. The Morgan fingerprint density at radius 3 is 2.38 bits per heavy atom. The molecule has 0 aliphatic rings. The van der Waals surface area contributed by atoms with Crippen molar-refractivity contribution in [3.63, 3.8) is 0 Å². The average molecular weight is 313 g/mol. The van der Waals surface area contributed by atoms with Crippen LogP contribution in [0.2, 0.25) is 0 Å². The molecular formula is C13H15NO6S. The molecule has 1 aromatic carbocycles. The lowest BCUT2D eigenvalue weighted by atomic mass is 10.2. The standard InChI is InChI=1S/C13H15NO6S/c15-8-6-11(13(17)18)14-12(16)7-9-21(19,20)10-4-2-1-3-5-10/h1-5,7,9,11,15H,6,8H2,(H,14,16)(H,17,18)/b9-7+. The molecule has 0 spiro atoms. The number of hydrogen-bond donors (Lipinski definition) is 3. The highest BCUT2D eigenvalue weighted by molar-refractivity contribution is 7.94. The summed E-state index contributed by atoms with van der Waals surface area (Å²) in [6.07, 6.45) is 0.579. The normalized spacial score (nSPS) is 13.0. The number of aliphatic hydroxyl groups excluding tert-OH is 1. The molecule has 114 valence electrons. The number of amides is 1. The van der Waals surface area contributed by atoms with Crippen LogP contribution < -0.4 is 5.32 Å². The van der Waals surface area contributed by atoms with E-state index < -0.39 is 34.4 Å². The second-order valence-corrected chi connectivity index (χ2v) is 5.91. The highest BCUT2D eigenvalue weighted by Gasteiger charge is 2.18. The number of carbonyl (C=O) groups is 2. The van der Waals surface area contributed by atoms with E-state index in [1.54, 1.807) is 18.2 Å². The topological polar surface area (TPSA) is 121 Å². The lowest BCUT2D eigenvalue weighted by molar-refractivity contribution is -0.141. The number of carboxylic acid groups (broad SMARTS) is 1. The highest BCUT2D eigenvalue weighted by Crippen LogP contribution is 2.10. The molecule has 3 N–H and O–H groups in total. The number of carboxylic acids is 1. The molecule has 1 atom stereocenters. The first-order valence-electron chi connectivity index (χ1n) is 5.99. The molecule has 0 aromatic heterocycles. The van der Waals surface area contributed by atoms with Crippen LogP contribution in [0.3, 0.4) is 0 Å². The van der Waals surface area contributed by atoms with Gasteiger partial charge >= 0.3 is 5.97 Å². The van der Waals surface area contributed by atoms with Crippen LogP contribution >= 0.6 is 0 Å². The SMILES string of the molecule is O=C(/C=C/S(=O)(=O)c1ccccc1)NC(CCO)C(=O)O. The number of benzene rings is 1. The summed E-state index contributed by atoms with van der Waals surface area (Å²) in [6.45, 7) is -0.413. The molecule has 7 nitrogen and oxygen atoms in total. The Balaban J connectivity index is 2.76. The second-order valence-electron chi connectivity index (χ2n) is 4.07. The molecule has 0 bridgehead atoms. The van der Waals surface area contributed by atoms with Crippen molar-refractivity contribution < 1.29 is 28.2 Å². The van der Waals surface area contributed by atoms with E-state index in [0.29, 0.717) is 5.41 Å². The zero-order valence-corrected chi connectivity index (χ0v) is 11.8. The third kappa shape index (κ3) is 5.36. The van der Waals surface area contributed by atoms with Crippen LogP contribution in [0, 0.1) is 0 Å². The quantitative estimate of drug-likeness (QED) is 0.606. The number of aliphatic carboxylic acids is 1. The molecule has 1 amide bonds. The van der Waals surface area contributed by atoms with Crippen molar-refractivity contribution in [2.45, 2.75) is 17.4 Å². The van der Waals surface area contributed by atoms with Crippen molar-refractivity contribution in [3.8, 4) is 0 Å². The van der Waals surface area contributed by atoms with Crippen LogP contribution in [0.5, 0.6) is 0 Å². The largest absolute Gasteiger partial charge is 0.480 e. The van der Waals surface area contributed by atoms with Gasteiger partial charge in [0.05, 0.1) is 4.90 Å². The summed E-state index contributed by atoms with van der Waals surface area (Å²) in [5.41, 5.74) is 0. The van der Waals surface area contributed by atoms with Gasteiger partial charge in [0, 0.05) is 24.5 Å². The number of aliphatic hydroxyl groups is 1. The van der Waals surface area contributed by atoms with Crippen LogP contribution in [0.1, 0.15) is 6.42 Å². The molecule has 0 heterocycles. The van der Waals surface area contributed by atoms with Gasteiger partial charge in [-0.15, -0.1) is 0 Å². The summed E-state index contributed by atoms with van der Waals surface area (Å²) in [6, 6.07) is 6.23. The molecule has 0 fully saturated rings. The van der Waals surface area contributed by atoms with E-state index in [0.717, 1.165) is 6.08 Å². The fourth-order valence-electron chi connectivity index (χ4n) is 1.45. The smallest absolute Gasteiger partial charge is 0.326 e. The van der Waals surface area contributed by atoms with Crippen LogP contribution in [0.15, 0.2) is 46.7 Å². The molecule has 0 saturated heterocycles. The molecule has 8 heteroatoms. The van der Waals surface area contributed by atoms with E-state index in [1.165, 1.54) is 12.1 Å². The number of carbonyl (C=O) groups excluding carboxylic acids is 1. The number of hydrogen-bond acceptors (Lipinski definition) is 5. The van der Waals surface area contributed by atoms with E-state index in [-0.39, 0.29) is 11.3 Å². The highest BCUT2D eigenvalue weighted by atomic mass is 32.2. The van der Waals surface area contributed by atoms with Gasteiger partial charge in [-0.25, -0.2) is 13.2 Å². The van der Waals surface area contributed by atoms with Gasteiger partial charge in [0.15, 0.2) is 9.84 Å². The Bertz CT molecular complexity index is 623. The number of sulfone groups is 1. The average Bonchev–Trinajstić information content (AvgIpc) is 2.45. The van der Waals surface area contributed by atoms with Crippen molar-refractivity contribution in [1.29, 1.82) is 0 Å². The summed E-state index contributed by atoms with van der Waals surface area (Å²) in [7, 11) is -3.76. The van der Waals surface area contributed by atoms with Crippen molar-refractivity contribution in [2.75, 3.05) is 6.61 Å². The number of rotatable bonds is 7. The van der Waals surface area contributed by atoms with Gasteiger partial charge in [-0.3, -0.25) is 4.79 Å². The van der Waals surface area contributed by atoms with Gasteiger partial charge in [0.1, 0.15) is 6.04 Å². The van der Waals surface area contributed by atoms with Crippen LogP contribution in [0.25, 0.3) is 0 Å². The van der Waals surface area contributed by atoms with Crippen molar-refractivity contribution in [1.82, 2.24) is 5.32 Å². The summed E-state index contributed by atoms with van der Waals surface area (Å²) < 4.78 is 23.7. The lowest BCUT2D eigenvalue weighted by Gasteiger charge is -2.11. The van der Waals surface area contributed by atoms with Crippen LogP contribution in [0.4, 0.5) is 0 Å². The van der Waals surface area contributed by atoms with E-state index in [4.69, 9.17) is 10.2 Å². The molecule has 1 unspecified atom stereocenters. The Labute approximate surface area is 121 Å². The Kier molecular flexibility index (Phi) is 6.07. The monoisotopic (exact) mass is 313 g/mol. The van der Waals surface area contributed by atoms with Crippen molar-refractivity contribution >= 4 is 21.7 Å². The Hall–Kier alpha value is -2.19. The number of nitrogens with one attached hydrogen (secondary N) is 1. The third-order valence-corrected chi connectivity index (χ3v) is 3.93. The minimum absolute atomic E-state index is 0.0270. The molecule has 21 heavy (non-hydrogen) atoms. The first kappa shape index (κ1) is 16.9. The Morgan fingerprint density at radius 1 is 1.24 bits per heavy atom. The van der Waals surface area contributed by atoms with Crippen molar-refractivity contribution in [3.05, 3.63) is 41.8 Å². The molecule has 1 rings (SSSR count). The minimum atomic E-state index is -3.76. The van der Waals surface area contributed by atoms with E-state index in [2.05, 4.69) is 5.32 Å². The molecule has 0 saturated carbocycles. The summed E-state index contributed by atoms with van der Waals surface area (Å²) in [5.74, 6) is -2.17. The lowest BCUT2D eigenvalue weighted by Crippen LogP contribution is -2.40. The van der Waals surface area contributed by atoms with Gasteiger partial charge in [-0.1, -0.05) is 18.2 Å². The minimum Gasteiger partial charge on any atom is -0.480 e. The maximum absolute atomic E-state index is 11.9. The fourth-order valence-corrected chi connectivity index (χ4v) is 2.44. The molecule has 1 aromatic rings.